The van der Waals surface area contributed by atoms with Gasteiger partial charge in [-0.3, -0.25) is 4.79 Å². The third kappa shape index (κ3) is 5.17. The first-order chi connectivity index (χ1) is 15.1. The predicted octanol–water partition coefficient (Wildman–Crippen LogP) is 4.07. The van der Waals surface area contributed by atoms with E-state index in [1.165, 1.54) is 19.2 Å². The number of nitrogens with zero attached hydrogens (tertiary/aromatic N) is 2. The monoisotopic (exact) mass is 471 g/mol. The molecule has 0 radical (unpaired) electrons. The van der Waals surface area contributed by atoms with Gasteiger partial charge in [0.15, 0.2) is 5.69 Å². The number of pyridine rings is 1. The first-order valence-corrected chi connectivity index (χ1v) is 11.4. The summed E-state index contributed by atoms with van der Waals surface area (Å²) in [6, 6.07) is 14.9. The van der Waals surface area contributed by atoms with Crippen molar-refractivity contribution in [3.63, 3.8) is 0 Å². The number of hydrogen-bond donors (Lipinski definition) is 1. The standard InChI is InChI=1S/C22H18ClN3O5S/c1-13-17(23)5-4-6-19(13)31-21-10-9-15(18(12-24)25-21)16-8-7-14(11-20(16)30-2)22(27)26-32(3,28)29/h4-11H,1-3H3,(H,26,27). The van der Waals surface area contributed by atoms with E-state index in [1.54, 1.807) is 36.4 Å². The van der Waals surface area contributed by atoms with Crippen LogP contribution in [0.15, 0.2) is 48.5 Å². The Labute approximate surface area is 190 Å². The number of amides is 1. The summed E-state index contributed by atoms with van der Waals surface area (Å²) in [5.74, 6) is 0.194. The number of ether oxygens (including phenoxy) is 2. The van der Waals surface area contributed by atoms with Crippen molar-refractivity contribution in [2.45, 2.75) is 6.92 Å². The SMILES string of the molecule is COc1cc(C(=O)NS(C)(=O)=O)ccc1-c1ccc(Oc2cccc(Cl)c2C)nc1C#N. The van der Waals surface area contributed by atoms with Gasteiger partial charge in [-0.05, 0) is 43.3 Å². The van der Waals surface area contributed by atoms with Gasteiger partial charge >= 0.3 is 0 Å². The van der Waals surface area contributed by atoms with Gasteiger partial charge < -0.3 is 9.47 Å². The van der Waals surface area contributed by atoms with E-state index >= 15 is 0 Å². The summed E-state index contributed by atoms with van der Waals surface area (Å²) in [5.41, 5.74) is 1.85. The van der Waals surface area contributed by atoms with Crippen LogP contribution in [-0.4, -0.2) is 32.7 Å². The molecule has 0 aliphatic heterocycles. The highest BCUT2D eigenvalue weighted by atomic mass is 35.5. The number of carbonyl (C=O) groups is 1. The van der Waals surface area contributed by atoms with E-state index in [-0.39, 0.29) is 22.9 Å². The van der Waals surface area contributed by atoms with E-state index in [0.717, 1.165) is 11.8 Å². The largest absolute Gasteiger partial charge is 0.496 e. The lowest BCUT2D eigenvalue weighted by Gasteiger charge is -2.13. The molecule has 0 unspecified atom stereocenters. The van der Waals surface area contributed by atoms with Crippen LogP contribution in [0.3, 0.4) is 0 Å². The summed E-state index contributed by atoms with van der Waals surface area (Å²) in [7, 11) is -2.32. The van der Waals surface area contributed by atoms with Crippen LogP contribution >= 0.6 is 11.6 Å². The van der Waals surface area contributed by atoms with Gasteiger partial charge in [-0.1, -0.05) is 17.7 Å². The van der Waals surface area contributed by atoms with Crippen LogP contribution in [0.4, 0.5) is 0 Å². The summed E-state index contributed by atoms with van der Waals surface area (Å²) >= 11 is 6.12. The second-order valence-electron chi connectivity index (χ2n) is 6.74. The highest BCUT2D eigenvalue weighted by molar-refractivity contribution is 7.89. The molecule has 0 aliphatic carbocycles. The average molecular weight is 472 g/mol. The highest BCUT2D eigenvalue weighted by Crippen LogP contribution is 2.35. The number of aromatic nitrogens is 1. The maximum Gasteiger partial charge on any atom is 0.264 e. The van der Waals surface area contributed by atoms with Gasteiger partial charge in [0.2, 0.25) is 15.9 Å². The van der Waals surface area contributed by atoms with E-state index in [2.05, 4.69) is 4.98 Å². The second-order valence-corrected chi connectivity index (χ2v) is 8.90. The number of hydrogen-bond acceptors (Lipinski definition) is 7. The number of nitrogens with one attached hydrogen (secondary N) is 1. The molecule has 164 valence electrons. The summed E-state index contributed by atoms with van der Waals surface area (Å²) in [6.07, 6.45) is 0.885. The summed E-state index contributed by atoms with van der Waals surface area (Å²) in [4.78, 5) is 16.4. The molecule has 0 saturated heterocycles. The van der Waals surface area contributed by atoms with Gasteiger partial charge in [-0.15, -0.1) is 0 Å². The van der Waals surface area contributed by atoms with Gasteiger partial charge in [0.05, 0.1) is 13.4 Å². The molecule has 10 heteroatoms. The number of rotatable bonds is 6. The van der Waals surface area contributed by atoms with Crippen molar-refractivity contribution in [3.05, 3.63) is 70.4 Å². The third-order valence-corrected chi connectivity index (χ3v) is 5.41. The Kier molecular flexibility index (Phi) is 6.67. The lowest BCUT2D eigenvalue weighted by atomic mass is 10.0. The average Bonchev–Trinajstić information content (AvgIpc) is 2.75. The van der Waals surface area contributed by atoms with Crippen molar-refractivity contribution in [1.29, 1.82) is 5.26 Å². The maximum absolute atomic E-state index is 12.1. The van der Waals surface area contributed by atoms with Crippen LogP contribution in [0.5, 0.6) is 17.4 Å². The number of halogens is 1. The molecular formula is C22H18ClN3O5S. The minimum atomic E-state index is -3.72. The minimum absolute atomic E-state index is 0.0776. The van der Waals surface area contributed by atoms with Gasteiger partial charge in [-0.2, -0.15) is 5.26 Å². The van der Waals surface area contributed by atoms with Crippen LogP contribution in [0.25, 0.3) is 11.1 Å². The van der Waals surface area contributed by atoms with Crippen molar-refractivity contribution in [3.8, 4) is 34.6 Å². The topological polar surface area (TPSA) is 118 Å². The Hall–Kier alpha value is -3.61. The van der Waals surface area contributed by atoms with Crippen LogP contribution in [-0.2, 0) is 10.0 Å². The normalized spacial score (nSPS) is 10.8. The molecule has 1 amide bonds. The number of benzene rings is 2. The Bertz CT molecular complexity index is 1350. The van der Waals surface area contributed by atoms with Crippen molar-refractivity contribution in [2.75, 3.05) is 13.4 Å². The summed E-state index contributed by atoms with van der Waals surface area (Å²) in [5, 5.41) is 10.2. The van der Waals surface area contributed by atoms with Crippen LogP contribution in [0, 0.1) is 18.3 Å². The van der Waals surface area contributed by atoms with Crippen molar-refractivity contribution in [2.24, 2.45) is 0 Å². The number of nitriles is 1. The Balaban J connectivity index is 1.98. The Morgan fingerprint density at radius 3 is 2.50 bits per heavy atom. The zero-order valence-electron chi connectivity index (χ0n) is 17.3. The smallest absolute Gasteiger partial charge is 0.264 e. The van der Waals surface area contributed by atoms with Gasteiger partial charge in [-0.25, -0.2) is 18.1 Å². The highest BCUT2D eigenvalue weighted by Gasteiger charge is 2.18. The Morgan fingerprint density at radius 1 is 1.12 bits per heavy atom. The molecule has 0 aliphatic rings. The molecule has 3 rings (SSSR count). The van der Waals surface area contributed by atoms with Crippen molar-refractivity contribution in [1.82, 2.24) is 9.71 Å². The maximum atomic E-state index is 12.1. The van der Waals surface area contributed by atoms with Gasteiger partial charge in [0, 0.05) is 33.3 Å². The van der Waals surface area contributed by atoms with Gasteiger partial charge in [0.25, 0.3) is 5.91 Å². The molecule has 1 N–H and O–H groups in total. The molecule has 0 atom stereocenters. The van der Waals surface area contributed by atoms with Gasteiger partial charge in [0.1, 0.15) is 17.6 Å². The molecule has 0 fully saturated rings. The quantitative estimate of drug-likeness (QED) is 0.575. The fraction of sp³-hybridized carbons (Fsp3) is 0.136. The summed E-state index contributed by atoms with van der Waals surface area (Å²) < 4.78 is 35.7. The van der Waals surface area contributed by atoms with E-state index < -0.39 is 15.9 Å². The molecule has 3 aromatic rings. The minimum Gasteiger partial charge on any atom is -0.496 e. The summed E-state index contributed by atoms with van der Waals surface area (Å²) in [6.45, 7) is 1.81. The lowest BCUT2D eigenvalue weighted by molar-refractivity contribution is 0.0981. The van der Waals surface area contributed by atoms with E-state index in [0.29, 0.717) is 21.9 Å². The molecule has 1 heterocycles. The van der Waals surface area contributed by atoms with Crippen LogP contribution in [0.1, 0.15) is 21.6 Å². The number of sulfonamides is 1. The fourth-order valence-corrected chi connectivity index (χ4v) is 3.51. The van der Waals surface area contributed by atoms with Crippen LogP contribution < -0.4 is 14.2 Å². The number of methoxy groups -OCH3 is 1. The molecule has 1 aromatic heterocycles. The van der Waals surface area contributed by atoms with Crippen molar-refractivity contribution >= 4 is 27.5 Å². The zero-order valence-corrected chi connectivity index (χ0v) is 18.9. The Morgan fingerprint density at radius 2 is 1.84 bits per heavy atom. The number of carbonyl (C=O) groups excluding carboxylic acids is 1. The molecule has 8 nitrogen and oxygen atoms in total. The second kappa shape index (κ2) is 9.26. The first kappa shape index (κ1) is 23.1. The third-order valence-electron chi connectivity index (χ3n) is 4.44. The predicted molar refractivity (Wildman–Crippen MR) is 120 cm³/mol. The first-order valence-electron chi connectivity index (χ1n) is 9.17. The van der Waals surface area contributed by atoms with E-state index in [4.69, 9.17) is 21.1 Å². The van der Waals surface area contributed by atoms with Crippen molar-refractivity contribution < 1.29 is 22.7 Å². The molecule has 0 saturated carbocycles. The van der Waals surface area contributed by atoms with E-state index in [9.17, 15) is 18.5 Å². The lowest BCUT2D eigenvalue weighted by Crippen LogP contribution is -2.29. The zero-order chi connectivity index (χ0) is 23.5. The van der Waals surface area contributed by atoms with Crippen LogP contribution in [0.2, 0.25) is 5.02 Å². The molecular weight excluding hydrogens is 454 g/mol. The van der Waals surface area contributed by atoms with E-state index in [1.807, 2.05) is 17.7 Å². The molecule has 2 aromatic carbocycles. The molecule has 0 spiro atoms. The fourth-order valence-electron chi connectivity index (χ4n) is 2.89. The molecule has 0 bridgehead atoms. The molecule has 32 heavy (non-hydrogen) atoms.